The van der Waals surface area contributed by atoms with Crippen LogP contribution in [-0.2, 0) is 16.6 Å². The molecule has 0 radical (unpaired) electrons. The van der Waals surface area contributed by atoms with Gasteiger partial charge in [0.2, 0.25) is 0 Å². The molecule has 2 aromatic rings. The molecule has 0 spiro atoms. The van der Waals surface area contributed by atoms with Crippen LogP contribution in [0.3, 0.4) is 0 Å². The number of rotatable bonds is 4. The monoisotopic (exact) mass is 294 g/mol. The van der Waals surface area contributed by atoms with Gasteiger partial charge in [0.25, 0.3) is 10.0 Å². The van der Waals surface area contributed by atoms with Gasteiger partial charge >= 0.3 is 0 Å². The Morgan fingerprint density at radius 1 is 1.35 bits per heavy atom. The Kier molecular flexibility index (Phi) is 3.71. The first-order chi connectivity index (χ1) is 9.35. The lowest BCUT2D eigenvalue weighted by Crippen LogP contribution is -2.15. The Morgan fingerprint density at radius 3 is 2.65 bits per heavy atom. The molecular formula is C13H18N4O2S. The minimum Gasteiger partial charge on any atom is -0.398 e. The van der Waals surface area contributed by atoms with Crippen LogP contribution in [0.1, 0.15) is 18.1 Å². The number of anilines is 2. The molecule has 0 aliphatic carbocycles. The number of imidazole rings is 1. The van der Waals surface area contributed by atoms with Gasteiger partial charge in [0.05, 0.1) is 12.0 Å². The molecule has 108 valence electrons. The number of sulfonamides is 1. The topological polar surface area (TPSA) is 90.0 Å². The second-order valence-corrected chi connectivity index (χ2v) is 6.25. The molecule has 2 rings (SSSR count). The van der Waals surface area contributed by atoms with Gasteiger partial charge in [-0.2, -0.15) is 8.42 Å². The van der Waals surface area contributed by atoms with Gasteiger partial charge in [0, 0.05) is 18.4 Å². The number of aromatic nitrogens is 2. The standard InChI is InChI=1S/C13H18N4O2S/c1-4-17-7-12(15-8-17)20(18,19)16-11-6-5-9(2)13(14)10(11)3/h5-8,16H,4,14H2,1-3H3. The zero-order valence-electron chi connectivity index (χ0n) is 11.7. The third kappa shape index (κ3) is 2.62. The van der Waals surface area contributed by atoms with Crippen molar-refractivity contribution in [3.8, 4) is 0 Å². The van der Waals surface area contributed by atoms with E-state index in [9.17, 15) is 8.42 Å². The molecule has 7 heteroatoms. The van der Waals surface area contributed by atoms with E-state index in [1.165, 1.54) is 12.5 Å². The maximum absolute atomic E-state index is 12.3. The lowest BCUT2D eigenvalue weighted by molar-refractivity contribution is 0.598. The predicted octanol–water partition coefficient (Wildman–Crippen LogP) is 1.90. The van der Waals surface area contributed by atoms with Crippen molar-refractivity contribution < 1.29 is 8.42 Å². The van der Waals surface area contributed by atoms with Crippen molar-refractivity contribution in [1.29, 1.82) is 0 Å². The zero-order valence-corrected chi connectivity index (χ0v) is 12.5. The van der Waals surface area contributed by atoms with Crippen LogP contribution in [0, 0.1) is 13.8 Å². The number of nitrogens with one attached hydrogen (secondary N) is 1. The second kappa shape index (κ2) is 5.16. The Morgan fingerprint density at radius 2 is 2.05 bits per heavy atom. The fourth-order valence-electron chi connectivity index (χ4n) is 1.82. The molecular weight excluding hydrogens is 276 g/mol. The van der Waals surface area contributed by atoms with Crippen molar-refractivity contribution in [3.63, 3.8) is 0 Å². The van der Waals surface area contributed by atoms with Gasteiger partial charge in [-0.3, -0.25) is 4.72 Å². The summed E-state index contributed by atoms with van der Waals surface area (Å²) in [5, 5.41) is -0.00195. The van der Waals surface area contributed by atoms with E-state index >= 15 is 0 Å². The summed E-state index contributed by atoms with van der Waals surface area (Å²) in [6.45, 7) is 6.24. The molecule has 0 aliphatic heterocycles. The smallest absolute Gasteiger partial charge is 0.280 e. The molecule has 20 heavy (non-hydrogen) atoms. The van der Waals surface area contributed by atoms with Gasteiger partial charge < -0.3 is 10.3 Å². The number of nitrogen functional groups attached to an aromatic ring is 1. The van der Waals surface area contributed by atoms with Crippen LogP contribution in [0.5, 0.6) is 0 Å². The first-order valence-electron chi connectivity index (χ1n) is 6.25. The molecule has 0 amide bonds. The van der Waals surface area contributed by atoms with Crippen LogP contribution in [-0.4, -0.2) is 18.0 Å². The number of hydrogen-bond donors (Lipinski definition) is 2. The second-order valence-electron chi connectivity index (χ2n) is 4.62. The van der Waals surface area contributed by atoms with Crippen molar-refractivity contribution in [2.75, 3.05) is 10.5 Å². The number of nitrogens with two attached hydrogens (primary N) is 1. The maximum Gasteiger partial charge on any atom is 0.280 e. The summed E-state index contributed by atoms with van der Waals surface area (Å²) in [5.74, 6) is 0. The molecule has 3 N–H and O–H groups in total. The summed E-state index contributed by atoms with van der Waals surface area (Å²) in [6, 6.07) is 3.49. The number of benzene rings is 1. The van der Waals surface area contributed by atoms with E-state index in [0.717, 1.165) is 5.56 Å². The Hall–Kier alpha value is -2.02. The van der Waals surface area contributed by atoms with E-state index in [2.05, 4.69) is 9.71 Å². The summed E-state index contributed by atoms with van der Waals surface area (Å²) in [5.41, 5.74) is 8.60. The van der Waals surface area contributed by atoms with Crippen molar-refractivity contribution in [3.05, 3.63) is 35.8 Å². The van der Waals surface area contributed by atoms with Gasteiger partial charge in [-0.1, -0.05) is 6.07 Å². The predicted molar refractivity (Wildman–Crippen MR) is 79.0 cm³/mol. The largest absolute Gasteiger partial charge is 0.398 e. The highest BCUT2D eigenvalue weighted by molar-refractivity contribution is 7.92. The summed E-state index contributed by atoms with van der Waals surface area (Å²) in [6.07, 6.45) is 2.99. The number of nitrogens with zero attached hydrogens (tertiary/aromatic N) is 2. The van der Waals surface area contributed by atoms with Gasteiger partial charge in [-0.15, -0.1) is 0 Å². The third-order valence-electron chi connectivity index (χ3n) is 3.23. The molecule has 0 saturated carbocycles. The van der Waals surface area contributed by atoms with Crippen molar-refractivity contribution in [1.82, 2.24) is 9.55 Å². The first kappa shape index (κ1) is 14.4. The third-order valence-corrected chi connectivity index (χ3v) is 4.48. The van der Waals surface area contributed by atoms with Gasteiger partial charge in [-0.25, -0.2) is 4.98 Å². The number of aryl methyl sites for hydroxylation is 2. The van der Waals surface area contributed by atoms with Gasteiger partial charge in [0.15, 0.2) is 5.03 Å². The van der Waals surface area contributed by atoms with Crippen LogP contribution in [0.4, 0.5) is 11.4 Å². The highest BCUT2D eigenvalue weighted by Gasteiger charge is 2.19. The molecule has 0 saturated heterocycles. The van der Waals surface area contributed by atoms with E-state index in [1.54, 1.807) is 23.6 Å². The normalized spacial score (nSPS) is 11.6. The molecule has 1 aromatic heterocycles. The summed E-state index contributed by atoms with van der Waals surface area (Å²) in [7, 11) is -3.69. The molecule has 0 unspecified atom stereocenters. The summed E-state index contributed by atoms with van der Waals surface area (Å²) >= 11 is 0. The van der Waals surface area contributed by atoms with Gasteiger partial charge in [0.1, 0.15) is 0 Å². The summed E-state index contributed by atoms with van der Waals surface area (Å²) < 4.78 is 28.7. The fourth-order valence-corrected chi connectivity index (χ4v) is 2.90. The average Bonchev–Trinajstić information content (AvgIpc) is 2.89. The first-order valence-corrected chi connectivity index (χ1v) is 7.73. The molecule has 0 fully saturated rings. The molecule has 0 aliphatic rings. The fraction of sp³-hybridized carbons (Fsp3) is 0.308. The maximum atomic E-state index is 12.3. The minimum absolute atomic E-state index is 0.00195. The van der Waals surface area contributed by atoms with Crippen LogP contribution in [0.25, 0.3) is 0 Å². The Labute approximate surface area is 118 Å². The molecule has 0 atom stereocenters. The van der Waals surface area contributed by atoms with Gasteiger partial charge in [-0.05, 0) is 38.0 Å². The van der Waals surface area contributed by atoms with Crippen molar-refractivity contribution in [2.45, 2.75) is 32.3 Å². The van der Waals surface area contributed by atoms with Crippen LogP contribution in [0.15, 0.2) is 29.7 Å². The molecule has 1 heterocycles. The Balaban J connectivity index is 2.36. The highest BCUT2D eigenvalue weighted by atomic mass is 32.2. The molecule has 1 aromatic carbocycles. The SMILES string of the molecule is CCn1cnc(S(=O)(=O)Nc2ccc(C)c(N)c2C)c1. The van der Waals surface area contributed by atoms with E-state index in [1.807, 2.05) is 13.8 Å². The van der Waals surface area contributed by atoms with E-state index < -0.39 is 10.0 Å². The molecule has 6 nitrogen and oxygen atoms in total. The van der Waals surface area contributed by atoms with E-state index in [4.69, 9.17) is 5.73 Å². The Bertz CT molecular complexity index is 735. The lowest BCUT2D eigenvalue weighted by Gasteiger charge is -2.12. The zero-order chi connectivity index (χ0) is 14.9. The van der Waals surface area contributed by atoms with Crippen LogP contribution < -0.4 is 10.5 Å². The van der Waals surface area contributed by atoms with E-state index in [-0.39, 0.29) is 5.03 Å². The average molecular weight is 294 g/mol. The van der Waals surface area contributed by atoms with Crippen LogP contribution >= 0.6 is 0 Å². The van der Waals surface area contributed by atoms with Crippen molar-refractivity contribution >= 4 is 21.4 Å². The molecule has 0 bridgehead atoms. The number of hydrogen-bond acceptors (Lipinski definition) is 4. The van der Waals surface area contributed by atoms with Crippen LogP contribution in [0.2, 0.25) is 0 Å². The van der Waals surface area contributed by atoms with E-state index in [0.29, 0.717) is 23.5 Å². The summed E-state index contributed by atoms with van der Waals surface area (Å²) in [4.78, 5) is 3.91. The minimum atomic E-state index is -3.69. The lowest BCUT2D eigenvalue weighted by atomic mass is 10.1. The van der Waals surface area contributed by atoms with Crippen molar-refractivity contribution in [2.24, 2.45) is 0 Å². The highest BCUT2D eigenvalue weighted by Crippen LogP contribution is 2.26. The quantitative estimate of drug-likeness (QED) is 0.843.